The number of hydrogen-bond acceptors (Lipinski definition) is 6. The van der Waals surface area contributed by atoms with Crippen molar-refractivity contribution in [1.82, 2.24) is 9.29 Å². The van der Waals surface area contributed by atoms with Crippen molar-refractivity contribution in [3.63, 3.8) is 0 Å². The number of rotatable bonds is 4. The zero-order valence-electron chi connectivity index (χ0n) is 15.0. The number of ether oxygens (including phenoxy) is 1. The van der Waals surface area contributed by atoms with Gasteiger partial charge in [-0.05, 0) is 44.2 Å². The summed E-state index contributed by atoms with van der Waals surface area (Å²) in [6, 6.07) is 7.15. The molecule has 0 spiro atoms. The maximum atomic E-state index is 12.8. The Labute approximate surface area is 157 Å². The fraction of sp³-hybridized carbons (Fsp3) is 0.333. The molecule has 1 aliphatic rings. The molecule has 1 aromatic carbocycles. The molecule has 0 saturated carbocycles. The Kier molecular flexibility index (Phi) is 5.45. The van der Waals surface area contributed by atoms with Crippen LogP contribution >= 0.6 is 0 Å². The van der Waals surface area contributed by atoms with Crippen LogP contribution in [0.25, 0.3) is 0 Å². The van der Waals surface area contributed by atoms with E-state index in [-0.39, 0.29) is 47.2 Å². The lowest BCUT2D eigenvalue weighted by molar-refractivity contribution is -0.0440. The first-order chi connectivity index (χ1) is 12.8. The average molecular weight is 391 g/mol. The molecule has 9 heteroatoms. The molecule has 144 valence electrons. The van der Waals surface area contributed by atoms with Crippen molar-refractivity contribution >= 4 is 21.6 Å². The van der Waals surface area contributed by atoms with Crippen molar-refractivity contribution in [2.45, 2.75) is 31.0 Å². The van der Waals surface area contributed by atoms with Crippen LogP contribution in [0.15, 0.2) is 47.6 Å². The molecule has 2 atom stereocenters. The number of pyridine rings is 1. The summed E-state index contributed by atoms with van der Waals surface area (Å²) in [5.74, 6) is -0.616. The minimum absolute atomic E-state index is 0.118. The normalized spacial score (nSPS) is 21.0. The molecule has 0 radical (unpaired) electrons. The van der Waals surface area contributed by atoms with Crippen LogP contribution in [0, 0.1) is 0 Å². The summed E-state index contributed by atoms with van der Waals surface area (Å²) in [7, 11) is -3.66. The number of nitrogens with zero attached hydrogens (tertiary/aromatic N) is 2. The van der Waals surface area contributed by atoms with Crippen molar-refractivity contribution in [2.24, 2.45) is 0 Å². The van der Waals surface area contributed by atoms with E-state index in [1.165, 1.54) is 47.0 Å². The lowest BCUT2D eigenvalue weighted by Crippen LogP contribution is -2.48. The molecule has 8 nitrogen and oxygen atoms in total. The summed E-state index contributed by atoms with van der Waals surface area (Å²) in [4.78, 5) is 16.2. The molecule has 1 aliphatic heterocycles. The first kappa shape index (κ1) is 19.3. The number of hydrogen-bond donors (Lipinski definition) is 2. The van der Waals surface area contributed by atoms with E-state index in [9.17, 15) is 18.3 Å². The van der Waals surface area contributed by atoms with E-state index in [4.69, 9.17) is 4.74 Å². The standard InChI is InChI=1S/C18H21N3O5S/c1-12-10-21(11-13(2)26-12)27(24,25)15-5-3-14(4-6-15)18(23)20-16-7-8-19-9-17(16)22/h3-9,12-13,22H,10-11H2,1-2H3,(H,19,20,23)/t12-,13-/m1/s1. The van der Waals surface area contributed by atoms with Gasteiger partial charge < -0.3 is 15.2 Å². The Bertz CT molecular complexity index is 920. The van der Waals surface area contributed by atoms with E-state index in [0.717, 1.165) is 0 Å². The van der Waals surface area contributed by atoms with E-state index in [1.54, 1.807) is 0 Å². The first-order valence-corrected chi connectivity index (χ1v) is 9.91. The van der Waals surface area contributed by atoms with Crippen molar-refractivity contribution in [3.05, 3.63) is 48.3 Å². The van der Waals surface area contributed by atoms with Gasteiger partial charge in [0.1, 0.15) is 0 Å². The Balaban J connectivity index is 1.76. The molecule has 1 fully saturated rings. The van der Waals surface area contributed by atoms with E-state index in [1.807, 2.05) is 13.8 Å². The molecular weight excluding hydrogens is 370 g/mol. The van der Waals surface area contributed by atoms with Gasteiger partial charge in [-0.1, -0.05) is 0 Å². The highest BCUT2D eigenvalue weighted by Crippen LogP contribution is 2.23. The van der Waals surface area contributed by atoms with Crippen LogP contribution in [0.2, 0.25) is 0 Å². The van der Waals surface area contributed by atoms with Crippen LogP contribution in [0.1, 0.15) is 24.2 Å². The topological polar surface area (TPSA) is 109 Å². The van der Waals surface area contributed by atoms with Gasteiger partial charge in [0.15, 0.2) is 5.75 Å². The fourth-order valence-electron chi connectivity index (χ4n) is 2.94. The van der Waals surface area contributed by atoms with Crippen molar-refractivity contribution in [2.75, 3.05) is 18.4 Å². The van der Waals surface area contributed by atoms with E-state index < -0.39 is 15.9 Å². The number of aromatic nitrogens is 1. The van der Waals surface area contributed by atoms with Crippen LogP contribution in [-0.2, 0) is 14.8 Å². The lowest BCUT2D eigenvalue weighted by atomic mass is 10.2. The second-order valence-corrected chi connectivity index (χ2v) is 8.39. The quantitative estimate of drug-likeness (QED) is 0.823. The Morgan fingerprint density at radius 2 is 1.81 bits per heavy atom. The van der Waals surface area contributed by atoms with Gasteiger partial charge in [-0.15, -0.1) is 0 Å². The highest BCUT2D eigenvalue weighted by Gasteiger charge is 2.32. The molecule has 0 bridgehead atoms. The predicted octanol–water partition coefficient (Wildman–Crippen LogP) is 1.84. The van der Waals surface area contributed by atoms with Crippen molar-refractivity contribution < 1.29 is 23.1 Å². The van der Waals surface area contributed by atoms with E-state index in [2.05, 4.69) is 10.3 Å². The fourth-order valence-corrected chi connectivity index (χ4v) is 4.53. The largest absolute Gasteiger partial charge is 0.504 e. The minimum atomic E-state index is -3.66. The van der Waals surface area contributed by atoms with Gasteiger partial charge in [0.2, 0.25) is 10.0 Å². The molecule has 3 rings (SSSR count). The summed E-state index contributed by atoms with van der Waals surface area (Å²) in [6.45, 7) is 4.24. The highest BCUT2D eigenvalue weighted by atomic mass is 32.2. The van der Waals surface area contributed by atoms with Gasteiger partial charge in [0.25, 0.3) is 5.91 Å². The Hall–Kier alpha value is -2.49. The number of amides is 1. The van der Waals surface area contributed by atoms with Crippen LogP contribution in [-0.4, -0.2) is 54.0 Å². The van der Waals surface area contributed by atoms with Crippen LogP contribution in [0.4, 0.5) is 5.69 Å². The number of anilines is 1. The first-order valence-electron chi connectivity index (χ1n) is 8.47. The number of morpholine rings is 1. The SMILES string of the molecule is C[C@@H]1CN(S(=O)(=O)c2ccc(C(=O)Nc3ccncc3O)cc2)C[C@@H](C)O1. The Morgan fingerprint density at radius 1 is 1.19 bits per heavy atom. The van der Waals surface area contributed by atoms with Crippen LogP contribution in [0.3, 0.4) is 0 Å². The summed E-state index contributed by atoms with van der Waals surface area (Å²) in [5, 5.41) is 12.2. The average Bonchev–Trinajstić information content (AvgIpc) is 2.63. The summed E-state index contributed by atoms with van der Waals surface area (Å²) >= 11 is 0. The predicted molar refractivity (Wildman–Crippen MR) is 99.1 cm³/mol. The third kappa shape index (κ3) is 4.26. The van der Waals surface area contributed by atoms with Crippen molar-refractivity contribution in [3.8, 4) is 5.75 Å². The van der Waals surface area contributed by atoms with Gasteiger partial charge in [0.05, 0.1) is 29.0 Å². The second kappa shape index (κ2) is 7.63. The zero-order chi connectivity index (χ0) is 19.6. The number of carbonyl (C=O) groups is 1. The van der Waals surface area contributed by atoms with E-state index in [0.29, 0.717) is 0 Å². The van der Waals surface area contributed by atoms with Gasteiger partial charge >= 0.3 is 0 Å². The molecule has 1 saturated heterocycles. The van der Waals surface area contributed by atoms with Gasteiger partial charge in [-0.2, -0.15) is 4.31 Å². The Morgan fingerprint density at radius 3 is 2.41 bits per heavy atom. The summed E-state index contributed by atoms with van der Waals surface area (Å²) in [6.07, 6.45) is 2.30. The molecule has 1 amide bonds. The molecule has 1 aromatic heterocycles. The molecular formula is C18H21N3O5S. The van der Waals surface area contributed by atoms with E-state index >= 15 is 0 Å². The molecule has 2 aromatic rings. The number of carbonyl (C=O) groups excluding carboxylic acids is 1. The summed E-state index contributed by atoms with van der Waals surface area (Å²) in [5.41, 5.74) is 0.497. The molecule has 27 heavy (non-hydrogen) atoms. The van der Waals surface area contributed by atoms with Gasteiger partial charge in [-0.25, -0.2) is 8.42 Å². The maximum Gasteiger partial charge on any atom is 0.255 e. The second-order valence-electron chi connectivity index (χ2n) is 6.45. The minimum Gasteiger partial charge on any atom is -0.504 e. The van der Waals surface area contributed by atoms with Gasteiger partial charge in [0, 0.05) is 24.8 Å². The summed E-state index contributed by atoms with van der Waals surface area (Å²) < 4.78 is 32.6. The number of sulfonamides is 1. The van der Waals surface area contributed by atoms with Gasteiger partial charge in [-0.3, -0.25) is 9.78 Å². The lowest BCUT2D eigenvalue weighted by Gasteiger charge is -2.34. The molecule has 0 unspecified atom stereocenters. The third-order valence-corrected chi connectivity index (χ3v) is 6.03. The smallest absolute Gasteiger partial charge is 0.255 e. The molecule has 2 N–H and O–H groups in total. The zero-order valence-corrected chi connectivity index (χ0v) is 15.8. The van der Waals surface area contributed by atoms with Crippen LogP contribution in [0.5, 0.6) is 5.75 Å². The number of nitrogens with one attached hydrogen (secondary N) is 1. The van der Waals surface area contributed by atoms with Crippen molar-refractivity contribution in [1.29, 1.82) is 0 Å². The highest BCUT2D eigenvalue weighted by molar-refractivity contribution is 7.89. The molecule has 0 aliphatic carbocycles. The molecule has 2 heterocycles. The number of benzene rings is 1. The monoisotopic (exact) mass is 391 g/mol. The maximum absolute atomic E-state index is 12.8. The third-order valence-electron chi connectivity index (χ3n) is 4.19. The van der Waals surface area contributed by atoms with Crippen LogP contribution < -0.4 is 5.32 Å². The number of aromatic hydroxyl groups is 1.